The van der Waals surface area contributed by atoms with Gasteiger partial charge in [-0.05, 0) is 12.8 Å². The van der Waals surface area contributed by atoms with E-state index in [9.17, 15) is 14.8 Å². The lowest BCUT2D eigenvalue weighted by Gasteiger charge is -2.26. The van der Waals surface area contributed by atoms with Gasteiger partial charge in [0.25, 0.3) is 0 Å². The van der Waals surface area contributed by atoms with Gasteiger partial charge in [0.2, 0.25) is 5.91 Å². The van der Waals surface area contributed by atoms with Crippen LogP contribution in [-0.2, 0) is 13.8 Å². The van der Waals surface area contributed by atoms with Gasteiger partial charge in [-0.1, -0.05) is 194 Å². The van der Waals surface area contributed by atoms with E-state index in [1.165, 1.54) is 161 Å². The number of carbonyl (C=O) groups is 1. The van der Waals surface area contributed by atoms with Gasteiger partial charge in [0, 0.05) is 6.42 Å². The Hall–Kier alpha value is -0.300. The lowest BCUT2D eigenvalue weighted by atomic mass is 10.0. The van der Waals surface area contributed by atoms with Crippen LogP contribution in [-0.4, -0.2) is 73.4 Å². The van der Waals surface area contributed by atoms with Crippen molar-refractivity contribution in [3.63, 3.8) is 0 Å². The summed E-state index contributed by atoms with van der Waals surface area (Å²) >= 11 is 0. The van der Waals surface area contributed by atoms with Crippen LogP contribution in [0.3, 0.4) is 0 Å². The number of quaternary nitrogens is 1. The van der Waals surface area contributed by atoms with Crippen LogP contribution >= 0.6 is 8.60 Å². The minimum Gasteiger partial charge on any atom is -0.391 e. The largest absolute Gasteiger partial charge is 0.391 e. The number of aliphatic hydroxyl groups excluding tert-OH is 1. The Morgan fingerprint density at radius 3 is 1.32 bits per heavy atom. The van der Waals surface area contributed by atoms with Crippen LogP contribution in [0, 0.1) is 0 Å². The molecular weight excluding hydrogens is 643 g/mol. The highest BCUT2D eigenvalue weighted by Gasteiger charge is 2.23. The number of nitrogens with one attached hydrogen (secondary N) is 1. The lowest BCUT2D eigenvalue weighted by molar-refractivity contribution is -0.870. The molecule has 50 heavy (non-hydrogen) atoms. The van der Waals surface area contributed by atoms with Crippen LogP contribution < -0.4 is 5.32 Å². The van der Waals surface area contributed by atoms with E-state index in [2.05, 4.69) is 40.3 Å². The maximum absolute atomic E-state index is 12.9. The van der Waals surface area contributed by atoms with Crippen molar-refractivity contribution in [1.82, 2.24) is 5.32 Å². The third kappa shape index (κ3) is 37.5. The van der Waals surface area contributed by atoms with E-state index in [-0.39, 0.29) is 12.5 Å². The van der Waals surface area contributed by atoms with E-state index in [1.807, 2.05) is 0 Å². The Morgan fingerprint density at radius 1 is 0.580 bits per heavy atom. The van der Waals surface area contributed by atoms with Gasteiger partial charge in [0.05, 0.1) is 39.9 Å². The Labute approximate surface area is 313 Å². The predicted molar refractivity (Wildman–Crippen MR) is 216 cm³/mol. The van der Waals surface area contributed by atoms with Crippen LogP contribution in [0.15, 0.2) is 0 Å². The fourth-order valence-corrected chi connectivity index (χ4v) is 7.11. The molecule has 0 aliphatic carbocycles. The Bertz CT molecular complexity index is 708. The van der Waals surface area contributed by atoms with E-state index in [0.717, 1.165) is 36.7 Å². The average Bonchev–Trinajstić information content (AvgIpc) is 3.07. The van der Waals surface area contributed by atoms with E-state index < -0.39 is 20.7 Å². The molecule has 0 aromatic heterocycles. The van der Waals surface area contributed by atoms with Gasteiger partial charge in [-0.15, -0.1) is 0 Å². The van der Waals surface area contributed by atoms with E-state index >= 15 is 0 Å². The fourth-order valence-electron chi connectivity index (χ4n) is 6.51. The first-order chi connectivity index (χ1) is 24.2. The van der Waals surface area contributed by atoms with Crippen molar-refractivity contribution in [3.05, 3.63) is 0 Å². The van der Waals surface area contributed by atoms with Gasteiger partial charge in [-0.2, -0.15) is 0 Å². The second-order valence-corrected chi connectivity index (χ2v) is 17.2. The van der Waals surface area contributed by atoms with Gasteiger partial charge < -0.3 is 28.8 Å². The number of nitrogens with zero attached hydrogens (tertiary/aromatic N) is 1. The molecule has 0 aromatic rings. The maximum atomic E-state index is 12.9. The quantitative estimate of drug-likeness (QED) is 0.0332. The van der Waals surface area contributed by atoms with Crippen molar-refractivity contribution in [1.29, 1.82) is 0 Å². The molecule has 7 nitrogen and oxygen atoms in total. The van der Waals surface area contributed by atoms with Gasteiger partial charge in [-0.25, -0.2) is 0 Å². The number of unbranched alkanes of at least 4 members (excludes halogenated alkanes) is 27. The molecule has 0 heterocycles. The van der Waals surface area contributed by atoms with Crippen molar-refractivity contribution in [2.45, 2.75) is 225 Å². The zero-order chi connectivity index (χ0) is 37.0. The van der Waals surface area contributed by atoms with Gasteiger partial charge in [0.1, 0.15) is 13.2 Å². The Kier molecular flexibility index (Phi) is 36.8. The summed E-state index contributed by atoms with van der Waals surface area (Å²) in [5.74, 6) is -0.0402. The fraction of sp³-hybridized carbons (Fsp3) is 0.976. The molecule has 0 fully saturated rings. The highest BCUT2D eigenvalue weighted by Crippen LogP contribution is 2.33. The predicted octanol–water partition coefficient (Wildman–Crippen LogP) is 11.9. The number of likely N-dealkylation sites (N-methyl/N-ethyl adjacent to an activating group) is 1. The van der Waals surface area contributed by atoms with Crippen molar-refractivity contribution in [3.8, 4) is 0 Å². The van der Waals surface area contributed by atoms with Crippen LogP contribution in [0.25, 0.3) is 0 Å². The normalized spacial score (nSPS) is 13.8. The topological polar surface area (TPSA) is 88.0 Å². The van der Waals surface area contributed by atoms with E-state index in [1.54, 1.807) is 0 Å². The SMILES string of the molecule is CCCCCCCCCCCCCCCCCCC(=O)NC(COP(O)OCC[N+](C)(C)C)C(O)CCCCCCCCCCCCCCC. The zero-order valence-electron chi connectivity index (χ0n) is 34.2. The second-order valence-electron chi connectivity index (χ2n) is 16.2. The summed E-state index contributed by atoms with van der Waals surface area (Å²) in [6.45, 7) is 5.75. The van der Waals surface area contributed by atoms with Crippen molar-refractivity contribution < 1.29 is 28.3 Å². The number of rotatable bonds is 40. The van der Waals surface area contributed by atoms with Gasteiger partial charge >= 0.3 is 8.60 Å². The molecular formula is C42H88N2O5P+. The summed E-state index contributed by atoms with van der Waals surface area (Å²) in [6.07, 6.45) is 38.0. The number of amides is 1. The molecule has 0 aliphatic rings. The number of aliphatic hydroxyl groups is 1. The van der Waals surface area contributed by atoms with Crippen LogP contribution in [0.2, 0.25) is 0 Å². The number of hydrogen-bond acceptors (Lipinski definition) is 5. The molecule has 0 saturated heterocycles. The molecule has 3 atom stereocenters. The lowest BCUT2D eigenvalue weighted by Crippen LogP contribution is -2.46. The molecule has 0 spiro atoms. The molecule has 0 radical (unpaired) electrons. The number of hydrogen-bond donors (Lipinski definition) is 3. The highest BCUT2D eigenvalue weighted by atomic mass is 31.2. The molecule has 3 N–H and O–H groups in total. The summed E-state index contributed by atoms with van der Waals surface area (Å²) < 4.78 is 11.8. The van der Waals surface area contributed by atoms with Crippen molar-refractivity contribution >= 4 is 14.5 Å². The summed E-state index contributed by atoms with van der Waals surface area (Å²) in [4.78, 5) is 23.1. The first-order valence-electron chi connectivity index (χ1n) is 21.7. The standard InChI is InChI=1S/C42H87N2O5P/c1-6-8-10-12-14-16-18-20-21-22-24-26-28-30-32-34-36-42(46)43-40(39-49-50(47)48-38-37-44(3,4)5)41(45)35-33-31-29-27-25-23-19-17-15-13-11-9-7-2/h40-41,45,47H,6-39H2,1-5H3/p+1. The average molecular weight is 732 g/mol. The summed E-state index contributed by atoms with van der Waals surface area (Å²) in [5.41, 5.74) is 0. The summed E-state index contributed by atoms with van der Waals surface area (Å²) in [6, 6.07) is -0.542. The molecule has 3 unspecified atom stereocenters. The number of carbonyl (C=O) groups excluding carboxylic acids is 1. The van der Waals surface area contributed by atoms with E-state index in [4.69, 9.17) is 9.05 Å². The highest BCUT2D eigenvalue weighted by molar-refractivity contribution is 7.40. The smallest absolute Gasteiger partial charge is 0.330 e. The monoisotopic (exact) mass is 732 g/mol. The molecule has 0 bridgehead atoms. The first kappa shape index (κ1) is 49.7. The molecule has 0 rings (SSSR count). The van der Waals surface area contributed by atoms with Gasteiger partial charge in [-0.3, -0.25) is 4.79 Å². The van der Waals surface area contributed by atoms with Crippen molar-refractivity contribution in [2.24, 2.45) is 0 Å². The first-order valence-corrected chi connectivity index (χ1v) is 22.8. The van der Waals surface area contributed by atoms with Crippen LogP contribution in [0.4, 0.5) is 0 Å². The molecule has 1 amide bonds. The van der Waals surface area contributed by atoms with Crippen LogP contribution in [0.1, 0.15) is 213 Å². The zero-order valence-corrected chi connectivity index (χ0v) is 35.1. The second kappa shape index (κ2) is 37.0. The molecule has 300 valence electrons. The third-order valence-electron chi connectivity index (χ3n) is 10.0. The Morgan fingerprint density at radius 2 is 0.940 bits per heavy atom. The van der Waals surface area contributed by atoms with Gasteiger partial charge in [0.15, 0.2) is 0 Å². The molecule has 0 aliphatic heterocycles. The minimum atomic E-state index is -2.05. The van der Waals surface area contributed by atoms with Crippen molar-refractivity contribution in [2.75, 3.05) is 40.9 Å². The molecule has 0 aromatic carbocycles. The third-order valence-corrected chi connectivity index (χ3v) is 10.8. The van der Waals surface area contributed by atoms with Crippen LogP contribution in [0.5, 0.6) is 0 Å². The molecule has 8 heteroatoms. The summed E-state index contributed by atoms with van der Waals surface area (Å²) in [5, 5.41) is 14.1. The summed E-state index contributed by atoms with van der Waals surface area (Å²) in [7, 11) is 4.16. The minimum absolute atomic E-state index is 0.0402. The van der Waals surface area contributed by atoms with E-state index in [0.29, 0.717) is 19.4 Å². The maximum Gasteiger partial charge on any atom is 0.330 e. The molecule has 0 saturated carbocycles. The Balaban J connectivity index is 4.22.